The van der Waals surface area contributed by atoms with Crippen molar-refractivity contribution in [2.45, 2.75) is 26.7 Å². The molecule has 0 saturated carbocycles. The van der Waals surface area contributed by atoms with Crippen LogP contribution in [-0.4, -0.2) is 4.98 Å². The van der Waals surface area contributed by atoms with E-state index in [2.05, 4.69) is 53.8 Å². The molecule has 0 bridgehead atoms. The van der Waals surface area contributed by atoms with E-state index in [0.29, 0.717) is 5.92 Å². The van der Waals surface area contributed by atoms with Gasteiger partial charge in [0.1, 0.15) is 0 Å². The second kappa shape index (κ2) is 4.66. The zero-order chi connectivity index (χ0) is 11.5. The van der Waals surface area contributed by atoms with Crippen LogP contribution in [0.25, 0.3) is 0 Å². The van der Waals surface area contributed by atoms with E-state index in [0.717, 1.165) is 16.5 Å². The molecule has 16 heavy (non-hydrogen) atoms. The highest BCUT2D eigenvalue weighted by atomic mass is 32.1. The summed E-state index contributed by atoms with van der Waals surface area (Å²) in [6, 6.07) is 8.39. The fourth-order valence-electron chi connectivity index (χ4n) is 1.64. The number of nitrogens with zero attached hydrogens (tertiary/aromatic N) is 1. The highest BCUT2D eigenvalue weighted by molar-refractivity contribution is 7.13. The summed E-state index contributed by atoms with van der Waals surface area (Å²) in [6.07, 6.45) is 0. The van der Waals surface area contributed by atoms with E-state index in [1.54, 1.807) is 11.3 Å². The molecule has 0 aliphatic heterocycles. The largest absolute Gasteiger partial charge is 0.331 e. The lowest BCUT2D eigenvalue weighted by molar-refractivity contribution is 0.869. The third kappa shape index (κ3) is 2.42. The van der Waals surface area contributed by atoms with E-state index in [1.807, 2.05) is 6.92 Å². The van der Waals surface area contributed by atoms with Crippen molar-refractivity contribution >= 4 is 22.2 Å². The predicted octanol–water partition coefficient (Wildman–Crippen LogP) is 4.32. The summed E-state index contributed by atoms with van der Waals surface area (Å²) >= 11 is 1.64. The number of benzene rings is 1. The molecule has 0 aliphatic carbocycles. The second-order valence-electron chi connectivity index (χ2n) is 4.16. The summed E-state index contributed by atoms with van der Waals surface area (Å²) in [5.74, 6) is 0.518. The van der Waals surface area contributed by atoms with Crippen molar-refractivity contribution in [2.75, 3.05) is 5.32 Å². The molecule has 84 valence electrons. The first-order valence-corrected chi connectivity index (χ1v) is 6.33. The highest BCUT2D eigenvalue weighted by Gasteiger charge is 2.07. The molecule has 0 spiro atoms. The van der Waals surface area contributed by atoms with Crippen LogP contribution < -0.4 is 5.32 Å². The molecule has 0 radical (unpaired) electrons. The van der Waals surface area contributed by atoms with Gasteiger partial charge in [0, 0.05) is 11.1 Å². The van der Waals surface area contributed by atoms with Gasteiger partial charge in [0.25, 0.3) is 0 Å². The molecule has 0 amide bonds. The van der Waals surface area contributed by atoms with E-state index in [4.69, 9.17) is 0 Å². The Morgan fingerprint density at radius 3 is 2.62 bits per heavy atom. The minimum atomic E-state index is 0.518. The van der Waals surface area contributed by atoms with E-state index in [1.165, 1.54) is 5.56 Å². The van der Waals surface area contributed by atoms with Crippen LogP contribution in [-0.2, 0) is 0 Å². The van der Waals surface area contributed by atoms with Gasteiger partial charge in [0.15, 0.2) is 5.13 Å². The number of anilines is 2. The van der Waals surface area contributed by atoms with Crippen molar-refractivity contribution in [1.29, 1.82) is 0 Å². The molecule has 2 aromatic rings. The van der Waals surface area contributed by atoms with Gasteiger partial charge in [-0.05, 0) is 24.5 Å². The van der Waals surface area contributed by atoms with E-state index < -0.39 is 0 Å². The zero-order valence-electron chi connectivity index (χ0n) is 9.82. The Morgan fingerprint density at radius 2 is 2.00 bits per heavy atom. The van der Waals surface area contributed by atoms with Crippen LogP contribution in [0.2, 0.25) is 0 Å². The molecular weight excluding hydrogens is 216 g/mol. The number of aromatic nitrogens is 1. The maximum Gasteiger partial charge on any atom is 0.187 e. The number of hydrogen-bond donors (Lipinski definition) is 1. The van der Waals surface area contributed by atoms with Gasteiger partial charge in [-0.1, -0.05) is 32.0 Å². The van der Waals surface area contributed by atoms with Crippen LogP contribution in [0.15, 0.2) is 29.6 Å². The summed E-state index contributed by atoms with van der Waals surface area (Å²) in [7, 11) is 0. The molecule has 1 heterocycles. The molecule has 0 unspecified atom stereocenters. The van der Waals surface area contributed by atoms with Crippen molar-refractivity contribution in [1.82, 2.24) is 4.98 Å². The van der Waals surface area contributed by atoms with Crippen molar-refractivity contribution in [3.8, 4) is 0 Å². The highest BCUT2D eigenvalue weighted by Crippen LogP contribution is 2.28. The van der Waals surface area contributed by atoms with Crippen molar-refractivity contribution in [2.24, 2.45) is 0 Å². The first kappa shape index (κ1) is 11.1. The zero-order valence-corrected chi connectivity index (χ0v) is 10.6. The number of rotatable bonds is 3. The lowest BCUT2D eigenvalue weighted by Crippen LogP contribution is -1.97. The molecule has 1 aromatic carbocycles. The number of aryl methyl sites for hydroxylation is 1. The topological polar surface area (TPSA) is 24.9 Å². The minimum Gasteiger partial charge on any atom is -0.331 e. The predicted molar refractivity (Wildman–Crippen MR) is 70.7 cm³/mol. The Hall–Kier alpha value is -1.35. The van der Waals surface area contributed by atoms with Crippen molar-refractivity contribution in [3.63, 3.8) is 0 Å². The number of thiazole rings is 1. The van der Waals surface area contributed by atoms with Gasteiger partial charge in [0.2, 0.25) is 0 Å². The molecular formula is C13H16N2S. The van der Waals surface area contributed by atoms with Crippen LogP contribution in [0.4, 0.5) is 10.8 Å². The lowest BCUT2D eigenvalue weighted by Gasteiger charge is -2.12. The van der Waals surface area contributed by atoms with Crippen molar-refractivity contribution < 1.29 is 0 Å². The van der Waals surface area contributed by atoms with Crippen LogP contribution in [0.3, 0.4) is 0 Å². The minimum absolute atomic E-state index is 0.518. The van der Waals surface area contributed by atoms with Gasteiger partial charge in [-0.3, -0.25) is 0 Å². The molecule has 1 aromatic heterocycles. The number of nitrogens with one attached hydrogen (secondary N) is 1. The first-order chi connectivity index (χ1) is 7.66. The van der Waals surface area contributed by atoms with Gasteiger partial charge < -0.3 is 5.32 Å². The normalized spacial score (nSPS) is 10.8. The quantitative estimate of drug-likeness (QED) is 0.852. The Labute approximate surface area is 100 Å². The van der Waals surface area contributed by atoms with Crippen molar-refractivity contribution in [3.05, 3.63) is 40.9 Å². The fourth-order valence-corrected chi connectivity index (χ4v) is 2.34. The molecule has 0 saturated heterocycles. The summed E-state index contributed by atoms with van der Waals surface area (Å²) < 4.78 is 0. The summed E-state index contributed by atoms with van der Waals surface area (Å²) in [5.41, 5.74) is 3.55. The second-order valence-corrected chi connectivity index (χ2v) is 5.02. The molecule has 2 rings (SSSR count). The van der Waals surface area contributed by atoms with Gasteiger partial charge in [-0.25, -0.2) is 4.98 Å². The summed E-state index contributed by atoms with van der Waals surface area (Å²) in [5, 5.41) is 6.40. The third-order valence-electron chi connectivity index (χ3n) is 2.44. The van der Waals surface area contributed by atoms with E-state index >= 15 is 0 Å². The molecule has 0 fully saturated rings. The number of para-hydroxylation sites is 1. The van der Waals surface area contributed by atoms with Gasteiger partial charge in [0.05, 0.1) is 5.69 Å². The standard InChI is InChI=1S/C13H16N2S/c1-9(2)11-6-4-5-7-12(11)15-13-14-10(3)8-16-13/h4-9H,1-3H3,(H,14,15). The van der Waals surface area contributed by atoms with E-state index in [-0.39, 0.29) is 0 Å². The smallest absolute Gasteiger partial charge is 0.187 e. The Bertz CT molecular complexity index is 474. The van der Waals surface area contributed by atoms with Gasteiger partial charge >= 0.3 is 0 Å². The van der Waals surface area contributed by atoms with Crippen LogP contribution >= 0.6 is 11.3 Å². The monoisotopic (exact) mass is 232 g/mol. The average molecular weight is 232 g/mol. The lowest BCUT2D eigenvalue weighted by atomic mass is 10.0. The van der Waals surface area contributed by atoms with Crippen LogP contribution in [0, 0.1) is 6.92 Å². The van der Waals surface area contributed by atoms with Gasteiger partial charge in [-0.15, -0.1) is 11.3 Å². The third-order valence-corrected chi connectivity index (χ3v) is 3.32. The van der Waals surface area contributed by atoms with E-state index in [9.17, 15) is 0 Å². The Morgan fingerprint density at radius 1 is 1.25 bits per heavy atom. The van der Waals surface area contributed by atoms with Gasteiger partial charge in [-0.2, -0.15) is 0 Å². The molecule has 1 N–H and O–H groups in total. The maximum atomic E-state index is 4.41. The molecule has 0 atom stereocenters. The van der Waals surface area contributed by atoms with Crippen LogP contribution in [0.1, 0.15) is 31.0 Å². The summed E-state index contributed by atoms with van der Waals surface area (Å²) in [4.78, 5) is 4.41. The maximum absolute atomic E-state index is 4.41. The molecule has 0 aliphatic rings. The summed E-state index contributed by atoms with van der Waals surface area (Å²) in [6.45, 7) is 6.41. The number of hydrogen-bond acceptors (Lipinski definition) is 3. The molecule has 3 heteroatoms. The molecule has 2 nitrogen and oxygen atoms in total. The Balaban J connectivity index is 2.27. The van der Waals surface area contributed by atoms with Crippen LogP contribution in [0.5, 0.6) is 0 Å². The SMILES string of the molecule is Cc1csc(Nc2ccccc2C(C)C)n1. The average Bonchev–Trinajstić information content (AvgIpc) is 2.64. The first-order valence-electron chi connectivity index (χ1n) is 5.45. The Kier molecular flexibility index (Phi) is 3.25. The fraction of sp³-hybridized carbons (Fsp3) is 0.308.